The van der Waals surface area contributed by atoms with E-state index in [-0.39, 0.29) is 13.0 Å². The topological polar surface area (TPSA) is 28.2 Å². The summed E-state index contributed by atoms with van der Waals surface area (Å²) < 4.78 is 38.4. The quantitative estimate of drug-likeness (QED) is 0.901. The lowest BCUT2D eigenvalue weighted by Crippen LogP contribution is -2.41. The van der Waals surface area contributed by atoms with Crippen LogP contribution in [0.4, 0.5) is 13.2 Å². The van der Waals surface area contributed by atoms with Crippen LogP contribution in [0.3, 0.4) is 0 Å². The third-order valence-electron chi connectivity index (χ3n) is 3.61. The minimum absolute atomic E-state index is 0.0978. The molecular weight excluding hydrogens is 299 g/mol. The van der Waals surface area contributed by atoms with Gasteiger partial charge in [0, 0.05) is 31.1 Å². The van der Waals surface area contributed by atoms with Crippen molar-refractivity contribution in [3.63, 3.8) is 0 Å². The molecule has 2 heterocycles. The molecule has 1 saturated heterocycles. The lowest BCUT2D eigenvalue weighted by atomic mass is 9.97. The third kappa shape index (κ3) is 5.23. The van der Waals surface area contributed by atoms with E-state index < -0.39 is 12.1 Å². The fourth-order valence-corrected chi connectivity index (χ4v) is 3.23. The number of piperidine rings is 1. The van der Waals surface area contributed by atoms with Crippen molar-refractivity contribution in [1.82, 2.24) is 15.2 Å². The van der Waals surface area contributed by atoms with Gasteiger partial charge in [-0.05, 0) is 19.4 Å². The molecule has 0 radical (unpaired) electrons. The molecule has 1 atom stereocenters. The molecule has 1 N–H and O–H groups in total. The van der Waals surface area contributed by atoms with Gasteiger partial charge in [-0.15, -0.1) is 11.3 Å². The van der Waals surface area contributed by atoms with E-state index in [2.05, 4.69) is 24.1 Å². The van der Waals surface area contributed by atoms with Crippen molar-refractivity contribution in [3.8, 4) is 0 Å². The van der Waals surface area contributed by atoms with Gasteiger partial charge in [0.1, 0.15) is 5.01 Å². The zero-order valence-electron chi connectivity index (χ0n) is 12.4. The average molecular weight is 321 g/mol. The van der Waals surface area contributed by atoms with E-state index in [9.17, 15) is 13.2 Å². The van der Waals surface area contributed by atoms with Crippen molar-refractivity contribution < 1.29 is 13.2 Å². The maximum Gasteiger partial charge on any atom is 0.393 e. The molecule has 1 aliphatic rings. The Labute approximate surface area is 127 Å². The molecule has 3 nitrogen and oxygen atoms in total. The molecule has 0 aliphatic carbocycles. The van der Waals surface area contributed by atoms with E-state index in [1.807, 2.05) is 10.3 Å². The van der Waals surface area contributed by atoms with Gasteiger partial charge in [0.25, 0.3) is 0 Å². The first-order chi connectivity index (χ1) is 9.84. The smallest absolute Gasteiger partial charge is 0.308 e. The van der Waals surface area contributed by atoms with Crippen molar-refractivity contribution in [2.24, 2.45) is 5.92 Å². The Morgan fingerprint density at radius 2 is 2.24 bits per heavy atom. The largest absolute Gasteiger partial charge is 0.393 e. The van der Waals surface area contributed by atoms with E-state index in [0.717, 1.165) is 17.2 Å². The van der Waals surface area contributed by atoms with Gasteiger partial charge in [-0.3, -0.25) is 4.90 Å². The molecule has 21 heavy (non-hydrogen) atoms. The highest BCUT2D eigenvalue weighted by Gasteiger charge is 2.41. The van der Waals surface area contributed by atoms with E-state index in [1.165, 1.54) is 0 Å². The number of aromatic nitrogens is 1. The highest BCUT2D eigenvalue weighted by atomic mass is 32.1. The predicted octanol–water partition coefficient (Wildman–Crippen LogP) is 3.42. The van der Waals surface area contributed by atoms with Gasteiger partial charge in [-0.1, -0.05) is 13.8 Å². The maximum absolute atomic E-state index is 12.8. The Kier molecular flexibility index (Phi) is 5.62. The van der Waals surface area contributed by atoms with Crippen LogP contribution >= 0.6 is 11.3 Å². The summed E-state index contributed by atoms with van der Waals surface area (Å²) in [7, 11) is 0. The summed E-state index contributed by atoms with van der Waals surface area (Å²) >= 11 is 1.56. The molecular formula is C14H22F3N3S. The molecule has 0 bridgehead atoms. The van der Waals surface area contributed by atoms with Crippen LogP contribution < -0.4 is 5.32 Å². The molecule has 1 fully saturated rings. The molecule has 0 aromatic carbocycles. The summed E-state index contributed by atoms with van der Waals surface area (Å²) in [4.78, 5) is 6.37. The Hall–Kier alpha value is -0.660. The lowest BCUT2D eigenvalue weighted by molar-refractivity contribution is -0.187. The second-order valence-corrected chi connectivity index (χ2v) is 6.83. The molecule has 1 aromatic heterocycles. The Balaban J connectivity index is 1.86. The molecule has 1 aliphatic heterocycles. The summed E-state index contributed by atoms with van der Waals surface area (Å²) in [6.07, 6.45) is -3.22. The molecule has 0 spiro atoms. The molecule has 0 amide bonds. The minimum Gasteiger partial charge on any atom is -0.308 e. The first kappa shape index (κ1) is 16.7. The maximum atomic E-state index is 12.8. The number of rotatable bonds is 5. The van der Waals surface area contributed by atoms with Gasteiger partial charge in [0.15, 0.2) is 0 Å². The van der Waals surface area contributed by atoms with Crippen LogP contribution in [0, 0.1) is 5.92 Å². The lowest BCUT2D eigenvalue weighted by Gasteiger charge is -2.33. The summed E-state index contributed by atoms with van der Waals surface area (Å²) in [6.45, 7) is 6.20. The van der Waals surface area contributed by atoms with Gasteiger partial charge >= 0.3 is 6.18 Å². The monoisotopic (exact) mass is 321 g/mol. The standard InChI is InChI=1S/C14H22F3N3S/c1-10(2)18-6-13-19-12(9-21-13)8-20-5-3-4-11(7-20)14(15,16)17/h9-11,18H,3-8H2,1-2H3. The van der Waals surface area contributed by atoms with E-state index in [0.29, 0.717) is 25.6 Å². The molecule has 1 aromatic rings. The van der Waals surface area contributed by atoms with Crippen LogP contribution in [-0.4, -0.2) is 35.2 Å². The molecule has 120 valence electrons. The highest BCUT2D eigenvalue weighted by Crippen LogP contribution is 2.33. The average Bonchev–Trinajstić information content (AvgIpc) is 2.83. The van der Waals surface area contributed by atoms with Crippen LogP contribution in [0.1, 0.15) is 37.4 Å². The zero-order chi connectivity index (χ0) is 15.5. The Bertz CT molecular complexity index is 445. The number of hydrogen-bond donors (Lipinski definition) is 1. The number of hydrogen-bond acceptors (Lipinski definition) is 4. The van der Waals surface area contributed by atoms with Crippen LogP contribution in [-0.2, 0) is 13.1 Å². The summed E-state index contributed by atoms with van der Waals surface area (Å²) in [5.74, 6) is -1.19. The van der Waals surface area contributed by atoms with Gasteiger partial charge in [0.05, 0.1) is 11.6 Å². The van der Waals surface area contributed by atoms with Gasteiger partial charge in [-0.25, -0.2) is 4.98 Å². The number of alkyl halides is 3. The first-order valence-electron chi connectivity index (χ1n) is 7.30. The zero-order valence-corrected chi connectivity index (χ0v) is 13.2. The second-order valence-electron chi connectivity index (χ2n) is 5.88. The van der Waals surface area contributed by atoms with Gasteiger partial charge in [-0.2, -0.15) is 13.2 Å². The number of nitrogens with zero attached hydrogens (tertiary/aromatic N) is 2. The minimum atomic E-state index is -4.08. The van der Waals surface area contributed by atoms with Crippen molar-refractivity contribution in [1.29, 1.82) is 0 Å². The third-order valence-corrected chi connectivity index (χ3v) is 4.51. The summed E-state index contributed by atoms with van der Waals surface area (Å²) in [6, 6.07) is 0.395. The first-order valence-corrected chi connectivity index (χ1v) is 8.18. The van der Waals surface area contributed by atoms with Crippen LogP contribution in [0.2, 0.25) is 0 Å². The second kappa shape index (κ2) is 7.07. The van der Waals surface area contributed by atoms with Crippen LogP contribution in [0.15, 0.2) is 5.38 Å². The SMILES string of the molecule is CC(C)NCc1nc(CN2CCCC(C(F)(F)F)C2)cs1. The van der Waals surface area contributed by atoms with E-state index >= 15 is 0 Å². The van der Waals surface area contributed by atoms with E-state index in [4.69, 9.17) is 0 Å². The molecule has 7 heteroatoms. The molecule has 2 rings (SSSR count). The summed E-state index contributed by atoms with van der Waals surface area (Å²) in [5, 5.41) is 6.23. The van der Waals surface area contributed by atoms with Gasteiger partial charge < -0.3 is 5.32 Å². The Morgan fingerprint density at radius 3 is 2.90 bits per heavy atom. The van der Waals surface area contributed by atoms with E-state index in [1.54, 1.807) is 11.3 Å². The molecule has 0 saturated carbocycles. The van der Waals surface area contributed by atoms with Gasteiger partial charge in [0.2, 0.25) is 0 Å². The Morgan fingerprint density at radius 1 is 1.48 bits per heavy atom. The normalized spacial score (nSPS) is 21.1. The van der Waals surface area contributed by atoms with Crippen LogP contribution in [0.5, 0.6) is 0 Å². The fraction of sp³-hybridized carbons (Fsp3) is 0.786. The highest BCUT2D eigenvalue weighted by molar-refractivity contribution is 7.09. The van der Waals surface area contributed by atoms with Crippen LogP contribution in [0.25, 0.3) is 0 Å². The number of likely N-dealkylation sites (tertiary alicyclic amines) is 1. The number of nitrogens with one attached hydrogen (secondary N) is 1. The number of thiazole rings is 1. The van der Waals surface area contributed by atoms with Crippen molar-refractivity contribution in [2.75, 3.05) is 13.1 Å². The predicted molar refractivity (Wildman–Crippen MR) is 78.1 cm³/mol. The molecule has 1 unspecified atom stereocenters. The van der Waals surface area contributed by atoms with Crippen molar-refractivity contribution in [3.05, 3.63) is 16.1 Å². The van der Waals surface area contributed by atoms with Crippen molar-refractivity contribution >= 4 is 11.3 Å². The van der Waals surface area contributed by atoms with Crippen molar-refractivity contribution in [2.45, 2.75) is 52.0 Å². The summed E-state index contributed by atoms with van der Waals surface area (Å²) in [5.41, 5.74) is 0.878. The number of halogens is 3. The fourth-order valence-electron chi connectivity index (χ4n) is 2.49.